The maximum Gasteiger partial charge on any atom is 0.317 e. The van der Waals surface area contributed by atoms with Crippen molar-refractivity contribution in [3.05, 3.63) is 22.2 Å². The van der Waals surface area contributed by atoms with Crippen LogP contribution < -0.4 is 10.2 Å². The Kier molecular flexibility index (Phi) is 7.77. The summed E-state index contributed by atoms with van der Waals surface area (Å²) in [6.45, 7) is 4.94. The number of carbonyl (C=O) groups excluding carboxylic acids is 1. The number of carbonyl (C=O) groups is 1. The third-order valence-electron chi connectivity index (χ3n) is 6.19. The highest BCUT2D eigenvalue weighted by atomic mass is 35.5. The fourth-order valence-corrected chi connectivity index (χ4v) is 4.69. The first-order chi connectivity index (χ1) is 13.8. The molecule has 0 unspecified atom stereocenters. The molecule has 1 aliphatic heterocycles. The quantitative estimate of drug-likeness (QED) is 0.721. The van der Waals surface area contributed by atoms with Gasteiger partial charge in [0.25, 0.3) is 0 Å². The van der Waals surface area contributed by atoms with Crippen molar-refractivity contribution in [1.82, 2.24) is 15.1 Å². The van der Waals surface area contributed by atoms with Gasteiger partial charge in [0.05, 0.1) is 10.7 Å². The Bertz CT molecular complexity index is 700. The number of amides is 2. The topological polar surface area (TPSA) is 59.1 Å². The van der Waals surface area contributed by atoms with Crippen molar-refractivity contribution in [2.75, 3.05) is 51.7 Å². The summed E-state index contributed by atoms with van der Waals surface area (Å²) in [6.07, 6.45) is 5.77. The maximum atomic E-state index is 11.8. The minimum atomic E-state index is 0.0151. The molecule has 1 aliphatic carbocycles. The zero-order valence-electron chi connectivity index (χ0n) is 17.3. The van der Waals surface area contributed by atoms with Gasteiger partial charge in [0.2, 0.25) is 0 Å². The zero-order valence-corrected chi connectivity index (χ0v) is 18.8. The molecule has 2 N–H and O–H groups in total. The number of anilines is 1. The molecule has 0 atom stereocenters. The lowest BCUT2D eigenvalue weighted by Gasteiger charge is -2.37. The SMILES string of the molecule is CN(C)C(=O)N[C@H]1CC[C@H](CCN2CCN(c3ccc(O)c(Cl)c3Cl)CC2)CC1. The number of benzene rings is 1. The Morgan fingerprint density at radius 1 is 1.10 bits per heavy atom. The molecule has 2 amide bonds. The summed E-state index contributed by atoms with van der Waals surface area (Å²) in [5.74, 6) is 0.779. The minimum Gasteiger partial charge on any atom is -0.506 e. The summed E-state index contributed by atoms with van der Waals surface area (Å²) >= 11 is 12.4. The molecule has 1 heterocycles. The monoisotopic (exact) mass is 442 g/mol. The molecular weight excluding hydrogens is 411 g/mol. The number of hydrogen-bond acceptors (Lipinski definition) is 4. The molecule has 1 aromatic rings. The largest absolute Gasteiger partial charge is 0.506 e. The van der Waals surface area contributed by atoms with E-state index < -0.39 is 0 Å². The number of nitrogens with one attached hydrogen (secondary N) is 1. The first-order valence-corrected chi connectivity index (χ1v) is 11.2. The Morgan fingerprint density at radius 3 is 2.38 bits per heavy atom. The highest BCUT2D eigenvalue weighted by Gasteiger charge is 2.25. The summed E-state index contributed by atoms with van der Waals surface area (Å²) < 4.78 is 0. The lowest BCUT2D eigenvalue weighted by atomic mass is 9.84. The van der Waals surface area contributed by atoms with Gasteiger partial charge in [0.1, 0.15) is 10.8 Å². The number of aromatic hydroxyl groups is 1. The zero-order chi connectivity index (χ0) is 21.0. The van der Waals surface area contributed by atoms with E-state index in [2.05, 4.69) is 15.1 Å². The van der Waals surface area contributed by atoms with Crippen LogP contribution in [0.3, 0.4) is 0 Å². The van der Waals surface area contributed by atoms with E-state index >= 15 is 0 Å². The van der Waals surface area contributed by atoms with Gasteiger partial charge in [0, 0.05) is 46.3 Å². The van der Waals surface area contributed by atoms with Crippen LogP contribution in [0.2, 0.25) is 10.0 Å². The van der Waals surface area contributed by atoms with Gasteiger partial charge in [0.15, 0.2) is 0 Å². The number of piperazine rings is 1. The number of rotatable bonds is 5. The Morgan fingerprint density at radius 2 is 1.76 bits per heavy atom. The van der Waals surface area contributed by atoms with Gasteiger partial charge in [-0.2, -0.15) is 0 Å². The van der Waals surface area contributed by atoms with Gasteiger partial charge in [-0.1, -0.05) is 23.2 Å². The van der Waals surface area contributed by atoms with Gasteiger partial charge in [-0.25, -0.2) is 4.79 Å². The molecule has 2 fully saturated rings. The molecule has 2 aliphatic rings. The number of phenolic OH excluding ortho intramolecular Hbond substituents is 1. The summed E-state index contributed by atoms with van der Waals surface area (Å²) in [4.78, 5) is 18.1. The molecule has 1 saturated heterocycles. The molecule has 1 aromatic carbocycles. The van der Waals surface area contributed by atoms with Crippen LogP contribution in [0.5, 0.6) is 5.75 Å². The number of hydrogen-bond donors (Lipinski definition) is 2. The second-order valence-corrected chi connectivity index (χ2v) is 9.17. The van der Waals surface area contributed by atoms with Gasteiger partial charge in [-0.05, 0) is 56.7 Å². The van der Waals surface area contributed by atoms with E-state index in [9.17, 15) is 9.90 Å². The van der Waals surface area contributed by atoms with Crippen LogP contribution in [0, 0.1) is 5.92 Å². The predicted molar refractivity (Wildman–Crippen MR) is 119 cm³/mol. The fourth-order valence-electron chi connectivity index (χ4n) is 4.25. The lowest BCUT2D eigenvalue weighted by Crippen LogP contribution is -2.47. The molecule has 8 heteroatoms. The maximum absolute atomic E-state index is 11.8. The second kappa shape index (κ2) is 10.1. The highest BCUT2D eigenvalue weighted by Crippen LogP contribution is 2.38. The van der Waals surface area contributed by atoms with Crippen molar-refractivity contribution in [2.24, 2.45) is 5.92 Å². The summed E-state index contributed by atoms with van der Waals surface area (Å²) in [7, 11) is 3.57. The number of urea groups is 1. The van der Waals surface area contributed by atoms with Crippen LogP contribution in [0.4, 0.5) is 10.5 Å². The van der Waals surface area contributed by atoms with Gasteiger partial charge >= 0.3 is 6.03 Å². The third-order valence-corrected chi connectivity index (χ3v) is 7.05. The lowest BCUT2D eigenvalue weighted by molar-refractivity contribution is 0.194. The van der Waals surface area contributed by atoms with E-state index in [1.807, 2.05) is 6.07 Å². The molecule has 0 radical (unpaired) electrons. The highest BCUT2D eigenvalue weighted by molar-refractivity contribution is 6.44. The summed E-state index contributed by atoms with van der Waals surface area (Å²) in [5.41, 5.74) is 0.896. The van der Waals surface area contributed by atoms with Crippen LogP contribution >= 0.6 is 23.2 Å². The predicted octanol–water partition coefficient (Wildman–Crippen LogP) is 4.04. The average Bonchev–Trinajstić information content (AvgIpc) is 2.72. The molecular formula is C21H32Cl2N4O2. The molecule has 1 saturated carbocycles. The normalized spacial score (nSPS) is 23.1. The van der Waals surface area contributed by atoms with Crippen LogP contribution in [0.25, 0.3) is 0 Å². The van der Waals surface area contributed by atoms with Crippen LogP contribution in [0.15, 0.2) is 12.1 Å². The van der Waals surface area contributed by atoms with E-state index in [-0.39, 0.29) is 16.8 Å². The van der Waals surface area contributed by atoms with Crippen molar-refractivity contribution < 1.29 is 9.90 Å². The van der Waals surface area contributed by atoms with E-state index in [0.29, 0.717) is 11.1 Å². The minimum absolute atomic E-state index is 0.0151. The van der Waals surface area contributed by atoms with Gasteiger partial charge in [-0.15, -0.1) is 0 Å². The van der Waals surface area contributed by atoms with Crippen molar-refractivity contribution in [3.63, 3.8) is 0 Å². The van der Waals surface area contributed by atoms with E-state index in [1.165, 1.54) is 19.3 Å². The molecule has 6 nitrogen and oxygen atoms in total. The first kappa shape index (κ1) is 22.3. The number of phenols is 1. The molecule has 29 heavy (non-hydrogen) atoms. The Balaban J connectivity index is 1.38. The van der Waals surface area contributed by atoms with Gasteiger partial charge < -0.3 is 20.2 Å². The molecule has 0 aromatic heterocycles. The van der Waals surface area contributed by atoms with Crippen LogP contribution in [-0.4, -0.2) is 73.8 Å². The van der Waals surface area contributed by atoms with E-state index in [4.69, 9.17) is 23.2 Å². The van der Waals surface area contributed by atoms with Crippen molar-refractivity contribution in [1.29, 1.82) is 0 Å². The average molecular weight is 443 g/mol. The fraction of sp³-hybridized carbons (Fsp3) is 0.667. The van der Waals surface area contributed by atoms with Crippen molar-refractivity contribution >= 4 is 34.9 Å². The smallest absolute Gasteiger partial charge is 0.317 e. The first-order valence-electron chi connectivity index (χ1n) is 10.5. The van der Waals surface area contributed by atoms with Gasteiger partial charge in [-0.3, -0.25) is 4.90 Å². The summed E-state index contributed by atoms with van der Waals surface area (Å²) in [5, 5.41) is 13.4. The van der Waals surface area contributed by atoms with Crippen molar-refractivity contribution in [2.45, 2.75) is 38.1 Å². The van der Waals surface area contributed by atoms with E-state index in [0.717, 1.165) is 57.2 Å². The number of nitrogens with zero attached hydrogens (tertiary/aromatic N) is 3. The Labute approximate surface area is 183 Å². The molecule has 162 valence electrons. The van der Waals surface area contributed by atoms with Crippen LogP contribution in [0.1, 0.15) is 32.1 Å². The third kappa shape index (κ3) is 5.83. The molecule has 0 bridgehead atoms. The number of halogens is 2. The Hall–Kier alpha value is -1.37. The van der Waals surface area contributed by atoms with E-state index in [1.54, 1.807) is 25.1 Å². The van der Waals surface area contributed by atoms with Crippen LogP contribution in [-0.2, 0) is 0 Å². The standard InChI is InChI=1S/C21H32Cl2N4O2/c1-25(2)21(29)24-16-5-3-15(4-6-16)9-10-26-11-13-27(14-12-26)17-7-8-18(28)20(23)19(17)22/h7-8,15-16,28H,3-6,9-14H2,1-2H3,(H,24,29)/t15-,16-. The molecule has 0 spiro atoms. The summed E-state index contributed by atoms with van der Waals surface area (Å²) in [6, 6.07) is 3.79. The second-order valence-electron chi connectivity index (χ2n) is 8.41. The van der Waals surface area contributed by atoms with Crippen molar-refractivity contribution in [3.8, 4) is 5.75 Å². The molecule has 3 rings (SSSR count).